The first-order valence-corrected chi connectivity index (χ1v) is 5.84. The van der Waals surface area contributed by atoms with Gasteiger partial charge in [0.25, 0.3) is 0 Å². The van der Waals surface area contributed by atoms with E-state index in [1.165, 1.54) is 0 Å². The topological polar surface area (TPSA) is 39.4 Å². The summed E-state index contributed by atoms with van der Waals surface area (Å²) < 4.78 is 8.58. The first-order chi connectivity index (χ1) is 8.33. The number of hydrogen-bond acceptors (Lipinski definition) is 3. The van der Waals surface area contributed by atoms with Gasteiger partial charge in [-0.3, -0.25) is 4.40 Å². The van der Waals surface area contributed by atoms with Crippen molar-refractivity contribution >= 4 is 21.6 Å². The highest BCUT2D eigenvalue weighted by Gasteiger charge is 2.03. The molecule has 0 bridgehead atoms. The standard InChI is InChI=1S/C12H8BrN3O/c13-9-4-6-10(7-5-9)17-12-3-1-2-11-15-14-8-16(11)12/h1-8H. The highest BCUT2D eigenvalue weighted by molar-refractivity contribution is 9.10. The molecule has 0 N–H and O–H groups in total. The van der Waals surface area contributed by atoms with Crippen molar-refractivity contribution in [3.8, 4) is 11.6 Å². The fourth-order valence-electron chi connectivity index (χ4n) is 1.53. The summed E-state index contributed by atoms with van der Waals surface area (Å²) in [6.45, 7) is 0. The smallest absolute Gasteiger partial charge is 0.207 e. The summed E-state index contributed by atoms with van der Waals surface area (Å²) in [7, 11) is 0. The molecule has 3 rings (SSSR count). The number of hydrogen-bond donors (Lipinski definition) is 0. The van der Waals surface area contributed by atoms with E-state index >= 15 is 0 Å². The van der Waals surface area contributed by atoms with Crippen LogP contribution in [0, 0.1) is 0 Å². The number of ether oxygens (including phenoxy) is 1. The molecular weight excluding hydrogens is 282 g/mol. The Morgan fingerprint density at radius 3 is 2.71 bits per heavy atom. The minimum absolute atomic E-state index is 0.690. The molecule has 3 aromatic rings. The summed E-state index contributed by atoms with van der Waals surface area (Å²) in [4.78, 5) is 0. The highest BCUT2D eigenvalue weighted by atomic mass is 79.9. The van der Waals surface area contributed by atoms with E-state index in [1.54, 1.807) is 10.7 Å². The second kappa shape index (κ2) is 4.18. The van der Waals surface area contributed by atoms with Gasteiger partial charge in [0.1, 0.15) is 12.1 Å². The third-order valence-corrected chi connectivity index (χ3v) is 2.86. The number of rotatable bonds is 2. The van der Waals surface area contributed by atoms with Crippen LogP contribution in [0.1, 0.15) is 0 Å². The molecular formula is C12H8BrN3O. The molecule has 0 spiro atoms. The van der Waals surface area contributed by atoms with Crippen molar-refractivity contribution in [3.05, 3.63) is 53.3 Å². The molecule has 0 aliphatic rings. The maximum absolute atomic E-state index is 5.77. The van der Waals surface area contributed by atoms with E-state index in [0.717, 1.165) is 15.9 Å². The predicted molar refractivity (Wildman–Crippen MR) is 67.2 cm³/mol. The Bertz CT molecular complexity index is 648. The maximum Gasteiger partial charge on any atom is 0.207 e. The van der Waals surface area contributed by atoms with Crippen molar-refractivity contribution in [2.75, 3.05) is 0 Å². The summed E-state index contributed by atoms with van der Waals surface area (Å²) in [5.74, 6) is 1.46. The van der Waals surface area contributed by atoms with Crippen molar-refractivity contribution in [1.82, 2.24) is 14.6 Å². The van der Waals surface area contributed by atoms with E-state index in [2.05, 4.69) is 26.1 Å². The number of nitrogens with zero attached hydrogens (tertiary/aromatic N) is 3. The molecule has 0 radical (unpaired) electrons. The lowest BCUT2D eigenvalue weighted by Gasteiger charge is -2.06. The van der Waals surface area contributed by atoms with Crippen molar-refractivity contribution in [2.45, 2.75) is 0 Å². The minimum atomic E-state index is 0.690. The third kappa shape index (κ3) is 2.01. The summed E-state index contributed by atoms with van der Waals surface area (Å²) in [6.07, 6.45) is 1.63. The quantitative estimate of drug-likeness (QED) is 0.727. The number of fused-ring (bicyclic) bond motifs is 1. The van der Waals surface area contributed by atoms with Crippen molar-refractivity contribution in [3.63, 3.8) is 0 Å². The molecule has 0 amide bonds. The Labute approximate surface area is 106 Å². The minimum Gasteiger partial charge on any atom is -0.440 e. The highest BCUT2D eigenvalue weighted by Crippen LogP contribution is 2.23. The van der Waals surface area contributed by atoms with Gasteiger partial charge in [-0.2, -0.15) is 0 Å². The molecule has 17 heavy (non-hydrogen) atoms. The molecule has 2 heterocycles. The van der Waals surface area contributed by atoms with E-state index in [9.17, 15) is 0 Å². The Hall–Kier alpha value is -1.88. The van der Waals surface area contributed by atoms with Crippen LogP contribution in [-0.4, -0.2) is 14.6 Å². The lowest BCUT2D eigenvalue weighted by atomic mass is 10.3. The van der Waals surface area contributed by atoms with Gasteiger partial charge in [-0.15, -0.1) is 10.2 Å². The summed E-state index contributed by atoms with van der Waals surface area (Å²) in [6, 6.07) is 13.3. The largest absolute Gasteiger partial charge is 0.440 e. The van der Waals surface area contributed by atoms with E-state index in [-0.39, 0.29) is 0 Å². The molecule has 0 saturated heterocycles. The van der Waals surface area contributed by atoms with Crippen molar-refractivity contribution in [2.24, 2.45) is 0 Å². The van der Waals surface area contributed by atoms with Crippen LogP contribution in [-0.2, 0) is 0 Å². The van der Waals surface area contributed by atoms with Crippen LogP contribution in [0.15, 0.2) is 53.3 Å². The van der Waals surface area contributed by atoms with Gasteiger partial charge < -0.3 is 4.74 Å². The van der Waals surface area contributed by atoms with Crippen LogP contribution < -0.4 is 4.74 Å². The first kappa shape index (κ1) is 10.3. The number of pyridine rings is 1. The van der Waals surface area contributed by atoms with Gasteiger partial charge in [-0.25, -0.2) is 0 Å². The summed E-state index contributed by atoms with van der Waals surface area (Å²) in [5, 5.41) is 7.80. The van der Waals surface area contributed by atoms with Gasteiger partial charge >= 0.3 is 0 Å². The summed E-state index contributed by atoms with van der Waals surface area (Å²) in [5.41, 5.74) is 0.764. The van der Waals surface area contributed by atoms with Gasteiger partial charge in [-0.05, 0) is 36.4 Å². The molecule has 0 fully saturated rings. The molecule has 84 valence electrons. The Kier molecular flexibility index (Phi) is 2.53. The zero-order valence-electron chi connectivity index (χ0n) is 8.75. The Morgan fingerprint density at radius 1 is 1.06 bits per heavy atom. The monoisotopic (exact) mass is 289 g/mol. The van der Waals surface area contributed by atoms with Gasteiger partial charge in [0.2, 0.25) is 5.88 Å². The predicted octanol–water partition coefficient (Wildman–Crippen LogP) is 3.28. The molecule has 0 aliphatic heterocycles. The molecule has 0 saturated carbocycles. The van der Waals surface area contributed by atoms with Crippen molar-refractivity contribution in [1.29, 1.82) is 0 Å². The fourth-order valence-corrected chi connectivity index (χ4v) is 1.80. The summed E-state index contributed by atoms with van der Waals surface area (Å²) >= 11 is 3.38. The van der Waals surface area contributed by atoms with Crippen LogP contribution in [0.5, 0.6) is 11.6 Å². The van der Waals surface area contributed by atoms with Crippen LogP contribution >= 0.6 is 15.9 Å². The number of benzene rings is 1. The van der Waals surface area contributed by atoms with Gasteiger partial charge in [0.15, 0.2) is 5.65 Å². The maximum atomic E-state index is 5.77. The molecule has 0 aliphatic carbocycles. The lowest BCUT2D eigenvalue weighted by molar-refractivity contribution is 0.456. The van der Waals surface area contributed by atoms with Gasteiger partial charge in [0, 0.05) is 4.47 Å². The number of halogens is 1. The van der Waals surface area contributed by atoms with Gasteiger partial charge in [-0.1, -0.05) is 22.0 Å². The van der Waals surface area contributed by atoms with Gasteiger partial charge in [0.05, 0.1) is 0 Å². The zero-order valence-corrected chi connectivity index (χ0v) is 10.3. The molecule has 4 nitrogen and oxygen atoms in total. The SMILES string of the molecule is Brc1ccc(Oc2cccc3nncn23)cc1. The van der Waals surface area contributed by atoms with Crippen LogP contribution in [0.4, 0.5) is 0 Å². The lowest BCUT2D eigenvalue weighted by Crippen LogP contribution is -1.92. The van der Waals surface area contributed by atoms with E-state index < -0.39 is 0 Å². The van der Waals surface area contributed by atoms with Crippen LogP contribution in [0.3, 0.4) is 0 Å². The second-order valence-electron chi connectivity index (χ2n) is 3.48. The van der Waals surface area contributed by atoms with Crippen molar-refractivity contribution < 1.29 is 4.74 Å². The number of aromatic nitrogens is 3. The van der Waals surface area contributed by atoms with E-state index in [1.807, 2.05) is 42.5 Å². The van der Waals surface area contributed by atoms with E-state index in [0.29, 0.717) is 5.88 Å². The first-order valence-electron chi connectivity index (χ1n) is 5.05. The average molecular weight is 290 g/mol. The third-order valence-electron chi connectivity index (χ3n) is 2.33. The van der Waals surface area contributed by atoms with E-state index in [4.69, 9.17) is 4.74 Å². The molecule has 2 aromatic heterocycles. The Balaban J connectivity index is 1.99. The molecule has 0 atom stereocenters. The molecule has 0 unspecified atom stereocenters. The van der Waals surface area contributed by atoms with Crippen LogP contribution in [0.25, 0.3) is 5.65 Å². The molecule has 5 heteroatoms. The normalized spacial score (nSPS) is 10.6. The molecule has 1 aromatic carbocycles. The zero-order chi connectivity index (χ0) is 11.7. The second-order valence-corrected chi connectivity index (χ2v) is 4.39. The van der Waals surface area contributed by atoms with Crippen LogP contribution in [0.2, 0.25) is 0 Å². The average Bonchev–Trinajstić information content (AvgIpc) is 2.81. The Morgan fingerprint density at radius 2 is 1.88 bits per heavy atom. The fraction of sp³-hybridized carbons (Fsp3) is 0.